The Kier molecular flexibility index (Phi) is 4.17. The number of rotatable bonds is 3. The quantitative estimate of drug-likeness (QED) is 0.892. The maximum atomic E-state index is 12.1. The highest BCUT2D eigenvalue weighted by Gasteiger charge is 2.18. The third kappa shape index (κ3) is 3.22. The summed E-state index contributed by atoms with van der Waals surface area (Å²) in [7, 11) is 0. The van der Waals surface area contributed by atoms with Crippen molar-refractivity contribution < 1.29 is 9.53 Å². The summed E-state index contributed by atoms with van der Waals surface area (Å²) in [6.45, 7) is 1.12. The summed E-state index contributed by atoms with van der Waals surface area (Å²) in [5.74, 6) is 0.744. The minimum atomic E-state index is -0.149. The van der Waals surface area contributed by atoms with Crippen LogP contribution in [0.4, 0.5) is 0 Å². The van der Waals surface area contributed by atoms with Gasteiger partial charge < -0.3 is 10.1 Å². The molecule has 1 N–H and O–H groups in total. The lowest BCUT2D eigenvalue weighted by Crippen LogP contribution is -2.23. The van der Waals surface area contributed by atoms with Gasteiger partial charge in [-0.1, -0.05) is 33.6 Å². The second-order valence-corrected chi connectivity index (χ2v) is 6.20. The zero-order chi connectivity index (χ0) is 14.8. The van der Waals surface area contributed by atoms with E-state index in [1.54, 1.807) is 24.3 Å². The van der Waals surface area contributed by atoms with Crippen molar-refractivity contribution in [1.29, 1.82) is 0 Å². The molecular formula is C16H13BrClNO2. The molecule has 1 aliphatic rings. The van der Waals surface area contributed by atoms with Gasteiger partial charge in [-0.25, -0.2) is 0 Å². The first kappa shape index (κ1) is 14.4. The van der Waals surface area contributed by atoms with Gasteiger partial charge in [-0.05, 0) is 35.9 Å². The smallest absolute Gasteiger partial charge is 0.251 e. The molecule has 3 nitrogen and oxygen atoms in total. The fraction of sp³-hybridized carbons (Fsp3) is 0.188. The molecule has 21 heavy (non-hydrogen) atoms. The van der Waals surface area contributed by atoms with Crippen molar-refractivity contribution in [3.8, 4) is 5.75 Å². The van der Waals surface area contributed by atoms with E-state index in [-0.39, 0.29) is 5.91 Å². The molecule has 108 valence electrons. The van der Waals surface area contributed by atoms with Gasteiger partial charge in [0.2, 0.25) is 0 Å². The van der Waals surface area contributed by atoms with E-state index < -0.39 is 0 Å². The van der Waals surface area contributed by atoms with Crippen molar-refractivity contribution in [3.05, 3.63) is 62.6 Å². The standard InChI is InChI=1S/C16H13BrClNO2/c17-13-6-10-4-5-21-15(10)12(7-13)9-19-16(20)11-2-1-3-14(18)8-11/h1-3,6-8H,4-5,9H2,(H,19,20). The van der Waals surface area contributed by atoms with Crippen molar-refractivity contribution in [1.82, 2.24) is 5.32 Å². The number of benzene rings is 2. The fourth-order valence-electron chi connectivity index (χ4n) is 2.38. The minimum absolute atomic E-state index is 0.149. The number of carbonyl (C=O) groups is 1. The van der Waals surface area contributed by atoms with Crippen LogP contribution in [0.3, 0.4) is 0 Å². The number of halogens is 2. The third-order valence-corrected chi connectivity index (χ3v) is 4.04. The van der Waals surface area contributed by atoms with Crippen molar-refractivity contribution >= 4 is 33.4 Å². The average Bonchev–Trinajstić information content (AvgIpc) is 2.92. The molecule has 5 heteroatoms. The topological polar surface area (TPSA) is 38.3 Å². The van der Waals surface area contributed by atoms with Crippen LogP contribution < -0.4 is 10.1 Å². The molecule has 0 radical (unpaired) electrons. The van der Waals surface area contributed by atoms with Crippen molar-refractivity contribution in [2.75, 3.05) is 6.61 Å². The second kappa shape index (κ2) is 6.08. The molecule has 1 amide bonds. The van der Waals surface area contributed by atoms with Gasteiger partial charge in [0, 0.05) is 33.6 Å². The molecule has 0 bridgehead atoms. The zero-order valence-electron chi connectivity index (χ0n) is 11.2. The van der Waals surface area contributed by atoms with E-state index in [4.69, 9.17) is 16.3 Å². The maximum Gasteiger partial charge on any atom is 0.251 e. The Balaban J connectivity index is 1.75. The summed E-state index contributed by atoms with van der Waals surface area (Å²) in [6, 6.07) is 10.9. The van der Waals surface area contributed by atoms with E-state index in [9.17, 15) is 4.79 Å². The van der Waals surface area contributed by atoms with Gasteiger partial charge in [0.1, 0.15) is 5.75 Å². The lowest BCUT2D eigenvalue weighted by molar-refractivity contribution is 0.0950. The maximum absolute atomic E-state index is 12.1. The van der Waals surface area contributed by atoms with Gasteiger partial charge in [0.25, 0.3) is 5.91 Å². The van der Waals surface area contributed by atoms with Gasteiger partial charge >= 0.3 is 0 Å². The lowest BCUT2D eigenvalue weighted by atomic mass is 10.1. The summed E-state index contributed by atoms with van der Waals surface area (Å²) in [6.07, 6.45) is 0.907. The first-order chi connectivity index (χ1) is 10.1. The number of hydrogen-bond donors (Lipinski definition) is 1. The highest BCUT2D eigenvalue weighted by Crippen LogP contribution is 2.32. The van der Waals surface area contributed by atoms with Gasteiger partial charge in [0.05, 0.1) is 6.61 Å². The van der Waals surface area contributed by atoms with E-state index in [1.165, 1.54) is 5.56 Å². The van der Waals surface area contributed by atoms with Crippen LogP contribution in [0, 0.1) is 0 Å². The van der Waals surface area contributed by atoms with E-state index in [1.807, 2.05) is 6.07 Å². The molecule has 0 aromatic heterocycles. The number of ether oxygens (including phenoxy) is 1. The Labute approximate surface area is 136 Å². The molecular weight excluding hydrogens is 354 g/mol. The summed E-state index contributed by atoms with van der Waals surface area (Å²) >= 11 is 9.39. The normalized spacial score (nSPS) is 12.7. The Morgan fingerprint density at radius 3 is 3.00 bits per heavy atom. The second-order valence-electron chi connectivity index (χ2n) is 4.84. The number of fused-ring (bicyclic) bond motifs is 1. The van der Waals surface area contributed by atoms with Crippen LogP contribution >= 0.6 is 27.5 Å². The minimum Gasteiger partial charge on any atom is -0.493 e. The van der Waals surface area contributed by atoms with Crippen molar-refractivity contribution in [2.24, 2.45) is 0 Å². The SMILES string of the molecule is O=C(NCc1cc(Br)cc2c1OCC2)c1cccc(Cl)c1. The van der Waals surface area contributed by atoms with Crippen LogP contribution in [-0.4, -0.2) is 12.5 Å². The predicted octanol–water partition coefficient (Wildman–Crippen LogP) is 3.97. The summed E-state index contributed by atoms with van der Waals surface area (Å²) < 4.78 is 6.65. The first-order valence-electron chi connectivity index (χ1n) is 6.61. The molecule has 0 spiro atoms. The Bertz CT molecular complexity index is 703. The predicted molar refractivity (Wildman–Crippen MR) is 86.0 cm³/mol. The van der Waals surface area contributed by atoms with Crippen LogP contribution in [0.5, 0.6) is 5.75 Å². The molecule has 0 saturated heterocycles. The van der Waals surface area contributed by atoms with Gasteiger partial charge in [-0.3, -0.25) is 4.79 Å². The lowest BCUT2D eigenvalue weighted by Gasteiger charge is -2.10. The molecule has 0 fully saturated rings. The first-order valence-corrected chi connectivity index (χ1v) is 7.78. The van der Waals surface area contributed by atoms with Crippen LogP contribution in [0.2, 0.25) is 5.02 Å². The highest BCUT2D eigenvalue weighted by molar-refractivity contribution is 9.10. The molecule has 0 saturated carbocycles. The Morgan fingerprint density at radius 2 is 2.19 bits per heavy atom. The number of hydrogen-bond acceptors (Lipinski definition) is 2. The largest absolute Gasteiger partial charge is 0.493 e. The molecule has 0 atom stereocenters. The van der Waals surface area contributed by atoms with Crippen LogP contribution in [-0.2, 0) is 13.0 Å². The Morgan fingerprint density at radius 1 is 1.33 bits per heavy atom. The molecule has 2 aromatic rings. The third-order valence-electron chi connectivity index (χ3n) is 3.35. The number of amides is 1. The molecule has 2 aromatic carbocycles. The molecule has 1 aliphatic heterocycles. The summed E-state index contributed by atoms with van der Waals surface area (Å²) in [5.41, 5.74) is 2.71. The Hall–Kier alpha value is -1.52. The van der Waals surface area contributed by atoms with E-state index in [0.717, 1.165) is 22.2 Å². The van der Waals surface area contributed by atoms with E-state index >= 15 is 0 Å². The fourth-order valence-corrected chi connectivity index (χ4v) is 3.13. The van der Waals surface area contributed by atoms with E-state index in [0.29, 0.717) is 23.7 Å². The monoisotopic (exact) mass is 365 g/mol. The summed E-state index contributed by atoms with van der Waals surface area (Å²) in [4.78, 5) is 12.1. The zero-order valence-corrected chi connectivity index (χ0v) is 13.5. The van der Waals surface area contributed by atoms with Crippen LogP contribution in [0.25, 0.3) is 0 Å². The van der Waals surface area contributed by atoms with Gasteiger partial charge in [-0.2, -0.15) is 0 Å². The molecule has 0 aliphatic carbocycles. The number of nitrogens with one attached hydrogen (secondary N) is 1. The average molecular weight is 367 g/mol. The van der Waals surface area contributed by atoms with Crippen molar-refractivity contribution in [2.45, 2.75) is 13.0 Å². The van der Waals surface area contributed by atoms with Crippen LogP contribution in [0.1, 0.15) is 21.5 Å². The molecule has 1 heterocycles. The van der Waals surface area contributed by atoms with Crippen molar-refractivity contribution in [3.63, 3.8) is 0 Å². The van der Waals surface area contributed by atoms with E-state index in [2.05, 4.69) is 27.3 Å². The summed E-state index contributed by atoms with van der Waals surface area (Å²) in [5, 5.41) is 3.45. The van der Waals surface area contributed by atoms with Gasteiger partial charge in [-0.15, -0.1) is 0 Å². The molecule has 0 unspecified atom stereocenters. The van der Waals surface area contributed by atoms with Gasteiger partial charge in [0.15, 0.2) is 0 Å². The van der Waals surface area contributed by atoms with Crippen LogP contribution in [0.15, 0.2) is 40.9 Å². The highest BCUT2D eigenvalue weighted by atomic mass is 79.9. The number of carbonyl (C=O) groups excluding carboxylic acids is 1. The molecule has 3 rings (SSSR count).